The minimum absolute atomic E-state index is 0.168. The zero-order valence-corrected chi connectivity index (χ0v) is 13.9. The summed E-state index contributed by atoms with van der Waals surface area (Å²) in [6.07, 6.45) is 3.21. The van der Waals surface area contributed by atoms with Crippen LogP contribution in [-0.2, 0) is 6.42 Å². The van der Waals surface area contributed by atoms with Crippen LogP contribution in [0.2, 0.25) is 5.02 Å². The highest BCUT2D eigenvalue weighted by Gasteiger charge is 2.24. The molecule has 0 bridgehead atoms. The van der Waals surface area contributed by atoms with Gasteiger partial charge in [-0.15, -0.1) is 10.2 Å². The van der Waals surface area contributed by atoms with E-state index in [-0.39, 0.29) is 5.82 Å². The molecule has 0 amide bonds. The van der Waals surface area contributed by atoms with Gasteiger partial charge in [0.25, 0.3) is 5.78 Å². The number of benzene rings is 2. The highest BCUT2D eigenvalue weighted by atomic mass is 35.5. The fourth-order valence-electron chi connectivity index (χ4n) is 3.53. The Morgan fingerprint density at radius 1 is 1.16 bits per heavy atom. The van der Waals surface area contributed by atoms with Crippen LogP contribution in [0.5, 0.6) is 0 Å². The van der Waals surface area contributed by atoms with Crippen molar-refractivity contribution in [1.82, 2.24) is 19.6 Å². The van der Waals surface area contributed by atoms with Gasteiger partial charge in [0.15, 0.2) is 0 Å². The van der Waals surface area contributed by atoms with Crippen molar-refractivity contribution in [3.05, 3.63) is 59.1 Å². The van der Waals surface area contributed by atoms with E-state index in [4.69, 9.17) is 16.6 Å². The first-order valence-electron chi connectivity index (χ1n) is 8.06. The van der Waals surface area contributed by atoms with E-state index in [9.17, 15) is 4.39 Å². The van der Waals surface area contributed by atoms with Crippen molar-refractivity contribution in [3.8, 4) is 0 Å². The molecular weight excluding hydrogens is 341 g/mol. The van der Waals surface area contributed by atoms with Gasteiger partial charge in [-0.25, -0.2) is 4.39 Å². The highest BCUT2D eigenvalue weighted by molar-refractivity contribution is 6.31. The predicted octanol–water partition coefficient (Wildman–Crippen LogP) is 4.15. The molecule has 4 aromatic rings. The molecule has 1 aliphatic rings. The Kier molecular flexibility index (Phi) is 3.15. The zero-order valence-electron chi connectivity index (χ0n) is 13.2. The number of nitrogens with zero attached hydrogens (tertiary/aromatic N) is 5. The average molecular weight is 354 g/mol. The summed E-state index contributed by atoms with van der Waals surface area (Å²) in [5.41, 5.74) is 2.47. The summed E-state index contributed by atoms with van der Waals surface area (Å²) < 4.78 is 16.0. The minimum atomic E-state index is -0.168. The Morgan fingerprint density at radius 3 is 3.00 bits per heavy atom. The van der Waals surface area contributed by atoms with E-state index in [2.05, 4.69) is 15.1 Å². The standard InChI is InChI=1S/C18H13ClFN5/c19-11-6-7-13-16(9-11)25-10-21-23-18(25)22-17(13)24-8-2-3-12-14(20)4-1-5-15(12)24/h1,4-7,9-10H,2-3,8H2. The molecule has 7 heteroatoms. The number of aromatic nitrogens is 4. The van der Waals surface area contributed by atoms with Crippen molar-refractivity contribution in [2.75, 3.05) is 11.4 Å². The Hall–Kier alpha value is -2.73. The molecule has 1 aliphatic heterocycles. The number of hydrogen-bond acceptors (Lipinski definition) is 4. The smallest absolute Gasteiger partial charge is 0.257 e. The fraction of sp³-hybridized carbons (Fsp3) is 0.167. The SMILES string of the molecule is Fc1cccc2c1CCCN2c1nc2nncn2c2cc(Cl)ccc12. The highest BCUT2D eigenvalue weighted by Crippen LogP contribution is 2.37. The Labute approximate surface area is 147 Å². The van der Waals surface area contributed by atoms with Crippen molar-refractivity contribution >= 4 is 39.8 Å². The van der Waals surface area contributed by atoms with E-state index in [1.54, 1.807) is 16.8 Å². The number of anilines is 2. The summed E-state index contributed by atoms with van der Waals surface area (Å²) in [7, 11) is 0. The number of halogens is 2. The van der Waals surface area contributed by atoms with Crippen LogP contribution >= 0.6 is 11.6 Å². The number of fused-ring (bicyclic) bond motifs is 4. The second kappa shape index (κ2) is 5.39. The summed E-state index contributed by atoms with van der Waals surface area (Å²) in [5.74, 6) is 1.07. The maximum Gasteiger partial charge on any atom is 0.257 e. The lowest BCUT2D eigenvalue weighted by molar-refractivity contribution is 0.596. The van der Waals surface area contributed by atoms with Crippen molar-refractivity contribution in [2.24, 2.45) is 0 Å². The third kappa shape index (κ3) is 2.17. The van der Waals surface area contributed by atoms with Gasteiger partial charge in [0.2, 0.25) is 0 Å². The molecule has 124 valence electrons. The molecule has 0 aliphatic carbocycles. The number of hydrogen-bond donors (Lipinski definition) is 0. The van der Waals surface area contributed by atoms with Crippen molar-refractivity contribution in [2.45, 2.75) is 12.8 Å². The van der Waals surface area contributed by atoms with Gasteiger partial charge in [0, 0.05) is 28.2 Å². The first-order chi connectivity index (χ1) is 12.2. The summed E-state index contributed by atoms with van der Waals surface area (Å²) >= 11 is 6.19. The van der Waals surface area contributed by atoms with Crippen LogP contribution in [0.3, 0.4) is 0 Å². The van der Waals surface area contributed by atoms with Crippen LogP contribution in [0, 0.1) is 5.82 Å². The Balaban J connectivity index is 1.83. The van der Waals surface area contributed by atoms with Crippen molar-refractivity contribution < 1.29 is 4.39 Å². The Bertz CT molecular complexity index is 1120. The number of rotatable bonds is 1. The molecule has 0 radical (unpaired) electrons. The quantitative estimate of drug-likeness (QED) is 0.515. The Morgan fingerprint density at radius 2 is 2.08 bits per heavy atom. The van der Waals surface area contributed by atoms with Crippen LogP contribution < -0.4 is 4.90 Å². The first kappa shape index (κ1) is 14.6. The molecule has 5 rings (SSSR count). The van der Waals surface area contributed by atoms with Crippen molar-refractivity contribution in [3.63, 3.8) is 0 Å². The van der Waals surface area contributed by atoms with Gasteiger partial charge in [-0.05, 0) is 43.2 Å². The largest absolute Gasteiger partial charge is 0.325 e. The predicted molar refractivity (Wildman–Crippen MR) is 95.0 cm³/mol. The van der Waals surface area contributed by atoms with Gasteiger partial charge < -0.3 is 4.90 Å². The molecule has 2 aromatic carbocycles. The molecule has 25 heavy (non-hydrogen) atoms. The third-order valence-corrected chi connectivity index (χ3v) is 4.88. The lowest BCUT2D eigenvalue weighted by Crippen LogP contribution is -2.26. The van der Waals surface area contributed by atoms with Crippen molar-refractivity contribution in [1.29, 1.82) is 0 Å². The first-order valence-corrected chi connectivity index (χ1v) is 8.44. The molecule has 0 spiro atoms. The lowest BCUT2D eigenvalue weighted by Gasteiger charge is -2.31. The summed E-state index contributed by atoms with van der Waals surface area (Å²) in [6, 6.07) is 10.8. The van der Waals surface area contributed by atoms with E-state index in [1.165, 1.54) is 6.07 Å². The summed E-state index contributed by atoms with van der Waals surface area (Å²) in [5, 5.41) is 9.59. The molecule has 0 atom stereocenters. The molecular formula is C18H13ClFN5. The van der Waals surface area contributed by atoms with Crippen LogP contribution in [0.15, 0.2) is 42.7 Å². The fourth-order valence-corrected chi connectivity index (χ4v) is 3.70. The maximum atomic E-state index is 14.2. The van der Waals surface area contributed by atoms with Gasteiger partial charge in [-0.2, -0.15) is 4.98 Å². The van der Waals surface area contributed by atoms with E-state index in [0.717, 1.165) is 47.4 Å². The van der Waals surface area contributed by atoms with Gasteiger partial charge in [0.1, 0.15) is 18.0 Å². The topological polar surface area (TPSA) is 46.3 Å². The molecule has 5 nitrogen and oxygen atoms in total. The zero-order chi connectivity index (χ0) is 17.0. The molecule has 3 heterocycles. The lowest BCUT2D eigenvalue weighted by atomic mass is 10.0. The maximum absolute atomic E-state index is 14.2. The second-order valence-electron chi connectivity index (χ2n) is 6.09. The van der Waals surface area contributed by atoms with Crippen LogP contribution in [0.25, 0.3) is 16.7 Å². The molecule has 0 fully saturated rings. The molecule has 2 aromatic heterocycles. The van der Waals surface area contributed by atoms with E-state index in [1.807, 2.05) is 24.3 Å². The van der Waals surface area contributed by atoms with E-state index >= 15 is 0 Å². The van der Waals surface area contributed by atoms with E-state index in [0.29, 0.717) is 10.8 Å². The summed E-state index contributed by atoms with van der Waals surface area (Å²) in [4.78, 5) is 6.76. The minimum Gasteiger partial charge on any atom is -0.325 e. The van der Waals surface area contributed by atoms with Crippen LogP contribution in [0.1, 0.15) is 12.0 Å². The van der Waals surface area contributed by atoms with Crippen LogP contribution in [-0.4, -0.2) is 26.1 Å². The second-order valence-corrected chi connectivity index (χ2v) is 6.53. The molecule has 0 N–H and O–H groups in total. The molecule has 0 saturated heterocycles. The molecule has 0 unspecified atom stereocenters. The normalized spacial score (nSPS) is 14.2. The van der Waals surface area contributed by atoms with Gasteiger partial charge in [0.05, 0.1) is 5.52 Å². The third-order valence-electron chi connectivity index (χ3n) is 4.64. The summed E-state index contributed by atoms with van der Waals surface area (Å²) in [6.45, 7) is 0.769. The van der Waals surface area contributed by atoms with Crippen LogP contribution in [0.4, 0.5) is 15.9 Å². The van der Waals surface area contributed by atoms with Gasteiger partial charge in [-0.1, -0.05) is 17.7 Å². The average Bonchev–Trinajstić information content (AvgIpc) is 3.10. The molecule has 0 saturated carbocycles. The van der Waals surface area contributed by atoms with Gasteiger partial charge >= 0.3 is 0 Å². The monoisotopic (exact) mass is 353 g/mol. The van der Waals surface area contributed by atoms with E-state index < -0.39 is 0 Å². The van der Waals surface area contributed by atoms with Gasteiger partial charge in [-0.3, -0.25) is 4.40 Å².